The minimum absolute atomic E-state index is 0.0714. The van der Waals surface area contributed by atoms with Crippen molar-refractivity contribution in [3.63, 3.8) is 0 Å². The van der Waals surface area contributed by atoms with E-state index in [4.69, 9.17) is 0 Å². The van der Waals surface area contributed by atoms with Gasteiger partial charge in [-0.15, -0.1) is 0 Å². The highest BCUT2D eigenvalue weighted by Crippen LogP contribution is 2.24. The highest BCUT2D eigenvalue weighted by Gasteiger charge is 2.31. The van der Waals surface area contributed by atoms with Gasteiger partial charge in [-0.25, -0.2) is 4.39 Å². The summed E-state index contributed by atoms with van der Waals surface area (Å²) in [6.45, 7) is 3.72. The van der Waals surface area contributed by atoms with Crippen LogP contribution in [0.2, 0.25) is 0 Å². The number of carbonyl (C=O) groups excluding carboxylic acids is 1. The maximum atomic E-state index is 13.1. The van der Waals surface area contributed by atoms with Crippen molar-refractivity contribution >= 4 is 5.91 Å². The van der Waals surface area contributed by atoms with E-state index in [0.717, 1.165) is 17.0 Å². The number of carbonyl (C=O) groups is 1. The average molecular weight is 300 g/mol. The number of amides is 1. The minimum Gasteiger partial charge on any atom is -0.353 e. The monoisotopic (exact) mass is 300 g/mol. The maximum absolute atomic E-state index is 13.1. The standard InChI is InChI=1S/C16H17FN4O/c1-11-8-20-14(9-19-11)10-21-7-6-18-16(22)15(21)12-2-4-13(17)5-3-12/h2-5,8-9,15H,6-7,10H2,1H3,(H,18,22). The van der Waals surface area contributed by atoms with Crippen LogP contribution in [0.4, 0.5) is 4.39 Å². The van der Waals surface area contributed by atoms with E-state index < -0.39 is 6.04 Å². The third-order valence-corrected chi connectivity index (χ3v) is 3.70. The molecule has 1 N–H and O–H groups in total. The zero-order valence-corrected chi connectivity index (χ0v) is 12.3. The Labute approximate surface area is 128 Å². The first-order valence-electron chi connectivity index (χ1n) is 7.18. The molecule has 1 saturated heterocycles. The molecule has 3 rings (SSSR count). The Morgan fingerprint density at radius 3 is 2.73 bits per heavy atom. The van der Waals surface area contributed by atoms with Gasteiger partial charge in [-0.05, 0) is 24.6 Å². The Kier molecular flexibility index (Phi) is 4.11. The van der Waals surface area contributed by atoms with E-state index in [1.54, 1.807) is 24.5 Å². The molecule has 1 amide bonds. The third kappa shape index (κ3) is 3.12. The number of hydrogen-bond acceptors (Lipinski definition) is 4. The van der Waals surface area contributed by atoms with Crippen LogP contribution in [0.15, 0.2) is 36.7 Å². The molecule has 0 aliphatic carbocycles. The number of aryl methyl sites for hydroxylation is 1. The number of nitrogens with one attached hydrogen (secondary N) is 1. The molecule has 0 spiro atoms. The van der Waals surface area contributed by atoms with Crippen molar-refractivity contribution < 1.29 is 9.18 Å². The van der Waals surface area contributed by atoms with Gasteiger partial charge in [0.15, 0.2) is 0 Å². The molecule has 1 aromatic heterocycles. The molecule has 0 bridgehead atoms. The van der Waals surface area contributed by atoms with Crippen LogP contribution in [0.5, 0.6) is 0 Å². The molecule has 6 heteroatoms. The van der Waals surface area contributed by atoms with E-state index in [2.05, 4.69) is 15.3 Å². The molecule has 0 radical (unpaired) electrons. The average Bonchev–Trinajstić information content (AvgIpc) is 2.51. The quantitative estimate of drug-likeness (QED) is 0.935. The fourth-order valence-electron chi connectivity index (χ4n) is 2.60. The molecule has 114 valence electrons. The summed E-state index contributed by atoms with van der Waals surface area (Å²) in [4.78, 5) is 22.9. The first-order chi connectivity index (χ1) is 10.6. The number of nitrogens with zero attached hydrogens (tertiary/aromatic N) is 3. The predicted molar refractivity (Wildman–Crippen MR) is 79.3 cm³/mol. The number of aromatic nitrogens is 2. The number of halogens is 1. The second-order valence-corrected chi connectivity index (χ2v) is 5.36. The second-order valence-electron chi connectivity index (χ2n) is 5.36. The van der Waals surface area contributed by atoms with Crippen molar-refractivity contribution in [1.82, 2.24) is 20.2 Å². The second kappa shape index (κ2) is 6.19. The normalized spacial score (nSPS) is 19.0. The van der Waals surface area contributed by atoms with Gasteiger partial charge in [-0.3, -0.25) is 19.7 Å². The van der Waals surface area contributed by atoms with Crippen LogP contribution in [0.1, 0.15) is 23.0 Å². The molecular weight excluding hydrogens is 283 g/mol. The lowest BCUT2D eigenvalue weighted by Crippen LogP contribution is -2.49. The van der Waals surface area contributed by atoms with Crippen LogP contribution in [0.3, 0.4) is 0 Å². The van der Waals surface area contributed by atoms with Gasteiger partial charge in [0.1, 0.15) is 11.9 Å². The minimum atomic E-state index is -0.433. The molecule has 0 saturated carbocycles. The summed E-state index contributed by atoms with van der Waals surface area (Å²) < 4.78 is 13.1. The van der Waals surface area contributed by atoms with Gasteiger partial charge in [-0.1, -0.05) is 12.1 Å². The van der Waals surface area contributed by atoms with Crippen molar-refractivity contribution in [3.8, 4) is 0 Å². The number of piperazine rings is 1. The van der Waals surface area contributed by atoms with Crippen LogP contribution in [-0.4, -0.2) is 33.9 Å². The van der Waals surface area contributed by atoms with Crippen molar-refractivity contribution in [1.29, 1.82) is 0 Å². The van der Waals surface area contributed by atoms with E-state index in [9.17, 15) is 9.18 Å². The molecule has 1 fully saturated rings. The zero-order valence-electron chi connectivity index (χ0n) is 12.3. The molecule has 1 aliphatic heterocycles. The number of benzene rings is 1. The summed E-state index contributed by atoms with van der Waals surface area (Å²) in [5, 5.41) is 2.86. The van der Waals surface area contributed by atoms with E-state index >= 15 is 0 Å². The van der Waals surface area contributed by atoms with E-state index in [1.165, 1.54) is 12.1 Å². The fraction of sp³-hybridized carbons (Fsp3) is 0.312. The Morgan fingerprint density at radius 2 is 2.05 bits per heavy atom. The van der Waals surface area contributed by atoms with Gasteiger partial charge in [-0.2, -0.15) is 0 Å². The summed E-state index contributed by atoms with van der Waals surface area (Å²) in [6.07, 6.45) is 3.44. The van der Waals surface area contributed by atoms with Crippen molar-refractivity contribution in [2.45, 2.75) is 19.5 Å². The van der Waals surface area contributed by atoms with Gasteiger partial charge in [0.2, 0.25) is 5.91 Å². The Bertz CT molecular complexity index is 657. The number of rotatable bonds is 3. The molecule has 2 aromatic rings. The van der Waals surface area contributed by atoms with Crippen LogP contribution >= 0.6 is 0 Å². The van der Waals surface area contributed by atoms with Gasteiger partial charge in [0.25, 0.3) is 0 Å². The summed E-state index contributed by atoms with van der Waals surface area (Å²) >= 11 is 0. The van der Waals surface area contributed by atoms with Crippen molar-refractivity contribution in [2.24, 2.45) is 0 Å². The SMILES string of the molecule is Cc1cnc(CN2CCNC(=O)C2c2ccc(F)cc2)cn1. The molecular formula is C16H17FN4O. The first kappa shape index (κ1) is 14.6. The molecule has 22 heavy (non-hydrogen) atoms. The molecule has 5 nitrogen and oxygen atoms in total. The van der Waals surface area contributed by atoms with Crippen LogP contribution in [0, 0.1) is 12.7 Å². The van der Waals surface area contributed by atoms with Crippen LogP contribution in [-0.2, 0) is 11.3 Å². The highest BCUT2D eigenvalue weighted by molar-refractivity contribution is 5.83. The maximum Gasteiger partial charge on any atom is 0.242 e. The first-order valence-corrected chi connectivity index (χ1v) is 7.18. The summed E-state index contributed by atoms with van der Waals surface area (Å²) in [5.74, 6) is -0.381. The molecule has 1 unspecified atom stereocenters. The lowest BCUT2D eigenvalue weighted by molar-refractivity contribution is -0.129. The predicted octanol–water partition coefficient (Wildman–Crippen LogP) is 1.60. The Balaban J connectivity index is 1.85. The van der Waals surface area contributed by atoms with E-state index in [1.807, 2.05) is 11.8 Å². The molecule has 1 atom stereocenters. The largest absolute Gasteiger partial charge is 0.353 e. The molecule has 2 heterocycles. The van der Waals surface area contributed by atoms with Crippen LogP contribution < -0.4 is 5.32 Å². The number of hydrogen-bond donors (Lipinski definition) is 1. The fourth-order valence-corrected chi connectivity index (χ4v) is 2.60. The Hall–Kier alpha value is -2.34. The van der Waals surface area contributed by atoms with Gasteiger partial charge in [0, 0.05) is 32.0 Å². The van der Waals surface area contributed by atoms with Crippen molar-refractivity contribution in [2.75, 3.05) is 13.1 Å². The lowest BCUT2D eigenvalue weighted by atomic mass is 10.0. The van der Waals surface area contributed by atoms with E-state index in [-0.39, 0.29) is 11.7 Å². The topological polar surface area (TPSA) is 58.1 Å². The van der Waals surface area contributed by atoms with Gasteiger partial charge in [0.05, 0.1) is 11.4 Å². The lowest BCUT2D eigenvalue weighted by Gasteiger charge is -2.34. The summed E-state index contributed by atoms with van der Waals surface area (Å²) in [6, 6.07) is 5.62. The van der Waals surface area contributed by atoms with Crippen molar-refractivity contribution in [3.05, 3.63) is 59.4 Å². The van der Waals surface area contributed by atoms with Gasteiger partial charge >= 0.3 is 0 Å². The molecule has 1 aliphatic rings. The highest BCUT2D eigenvalue weighted by atomic mass is 19.1. The third-order valence-electron chi connectivity index (χ3n) is 3.70. The Morgan fingerprint density at radius 1 is 1.27 bits per heavy atom. The van der Waals surface area contributed by atoms with E-state index in [0.29, 0.717) is 19.6 Å². The summed E-state index contributed by atoms with van der Waals surface area (Å²) in [5.41, 5.74) is 2.45. The molecule has 1 aromatic carbocycles. The summed E-state index contributed by atoms with van der Waals surface area (Å²) in [7, 11) is 0. The smallest absolute Gasteiger partial charge is 0.242 e. The van der Waals surface area contributed by atoms with Gasteiger partial charge < -0.3 is 5.32 Å². The zero-order chi connectivity index (χ0) is 15.5. The van der Waals surface area contributed by atoms with Crippen LogP contribution in [0.25, 0.3) is 0 Å².